The summed E-state index contributed by atoms with van der Waals surface area (Å²) in [6.07, 6.45) is 7.05. The molecule has 8 heteroatoms. The first-order valence-corrected chi connectivity index (χ1v) is 11.5. The third-order valence-electron chi connectivity index (χ3n) is 5.63. The van der Waals surface area contributed by atoms with Gasteiger partial charge >= 0.3 is 0 Å². The molecule has 34 heavy (non-hydrogen) atoms. The van der Waals surface area contributed by atoms with Crippen molar-refractivity contribution in [3.8, 4) is 17.3 Å². The highest BCUT2D eigenvalue weighted by molar-refractivity contribution is 7.18. The summed E-state index contributed by atoms with van der Waals surface area (Å²) >= 11 is 1.45. The third kappa shape index (κ3) is 4.05. The monoisotopic (exact) mass is 464 g/mol. The maximum atomic E-state index is 12.8. The Hall–Kier alpha value is -4.35. The van der Waals surface area contributed by atoms with E-state index < -0.39 is 0 Å². The van der Waals surface area contributed by atoms with Crippen LogP contribution in [-0.2, 0) is 6.54 Å². The number of aromatic nitrogens is 5. The summed E-state index contributed by atoms with van der Waals surface area (Å²) in [4.78, 5) is 26.0. The second kappa shape index (κ2) is 8.89. The van der Waals surface area contributed by atoms with Crippen molar-refractivity contribution in [3.63, 3.8) is 0 Å². The number of nitrogens with one attached hydrogen (secondary N) is 1. The Morgan fingerprint density at radius 3 is 2.76 bits per heavy atom. The molecule has 0 aliphatic rings. The number of nitrogens with zero attached hydrogens (tertiary/aromatic N) is 5. The molecule has 0 unspecified atom stereocenters. The highest BCUT2D eigenvalue weighted by Gasteiger charge is 2.16. The molecular formula is C26H20N6OS. The number of hydrogen-bond donors (Lipinski definition) is 1. The van der Waals surface area contributed by atoms with Gasteiger partial charge in [0.2, 0.25) is 0 Å². The predicted molar refractivity (Wildman–Crippen MR) is 134 cm³/mol. The van der Waals surface area contributed by atoms with Crippen molar-refractivity contribution in [1.29, 1.82) is 5.26 Å². The number of aryl methyl sites for hydroxylation is 2. The lowest BCUT2D eigenvalue weighted by Gasteiger charge is -2.01. The van der Waals surface area contributed by atoms with Gasteiger partial charge in [-0.2, -0.15) is 10.4 Å². The first-order chi connectivity index (χ1) is 16.5. The lowest BCUT2D eigenvalue weighted by molar-refractivity contribution is 0.689. The summed E-state index contributed by atoms with van der Waals surface area (Å²) in [6.45, 7) is 4.45. The Morgan fingerprint density at radius 1 is 1.21 bits per heavy atom. The van der Waals surface area contributed by atoms with Crippen molar-refractivity contribution in [2.45, 2.75) is 20.4 Å². The molecule has 0 aliphatic heterocycles. The van der Waals surface area contributed by atoms with Crippen molar-refractivity contribution < 1.29 is 0 Å². The zero-order valence-corrected chi connectivity index (χ0v) is 19.4. The molecule has 5 aromatic rings. The van der Waals surface area contributed by atoms with Gasteiger partial charge in [0.25, 0.3) is 5.56 Å². The van der Waals surface area contributed by atoms with Crippen LogP contribution < -0.4 is 5.56 Å². The molecule has 166 valence electrons. The van der Waals surface area contributed by atoms with E-state index in [1.54, 1.807) is 18.5 Å². The van der Waals surface area contributed by atoms with Crippen LogP contribution in [0.5, 0.6) is 0 Å². The van der Waals surface area contributed by atoms with Gasteiger partial charge in [-0.05, 0) is 43.2 Å². The van der Waals surface area contributed by atoms with Gasteiger partial charge in [0, 0.05) is 34.6 Å². The summed E-state index contributed by atoms with van der Waals surface area (Å²) in [5, 5.41) is 15.3. The van der Waals surface area contributed by atoms with Crippen LogP contribution in [0.2, 0.25) is 0 Å². The van der Waals surface area contributed by atoms with E-state index in [9.17, 15) is 10.1 Å². The van der Waals surface area contributed by atoms with E-state index in [1.165, 1.54) is 11.3 Å². The SMILES string of the molecule is Cc1sc2nc(/C(C#N)=C\c3cn(Cc4ccccc4)nc3-c3cccnc3)[nH]c(=O)c2c1C. The first kappa shape index (κ1) is 21.5. The van der Waals surface area contributed by atoms with Crippen LogP contribution in [0.15, 0.2) is 65.8 Å². The molecule has 1 aromatic carbocycles. The minimum absolute atomic E-state index is 0.241. The van der Waals surface area contributed by atoms with E-state index in [0.29, 0.717) is 22.5 Å². The van der Waals surface area contributed by atoms with E-state index in [4.69, 9.17) is 5.10 Å². The molecule has 0 spiro atoms. The van der Waals surface area contributed by atoms with Crippen LogP contribution in [0.1, 0.15) is 27.4 Å². The average molecular weight is 465 g/mol. The van der Waals surface area contributed by atoms with Crippen LogP contribution in [0.4, 0.5) is 0 Å². The Morgan fingerprint density at radius 2 is 2.03 bits per heavy atom. The zero-order valence-electron chi connectivity index (χ0n) is 18.6. The number of allylic oxidation sites excluding steroid dienone is 1. The molecule has 4 aromatic heterocycles. The van der Waals surface area contributed by atoms with Crippen LogP contribution in [-0.4, -0.2) is 24.7 Å². The topological polar surface area (TPSA) is 100 Å². The fourth-order valence-electron chi connectivity index (χ4n) is 3.81. The summed E-state index contributed by atoms with van der Waals surface area (Å²) in [7, 11) is 0. The fourth-order valence-corrected chi connectivity index (χ4v) is 4.84. The van der Waals surface area contributed by atoms with Crippen LogP contribution >= 0.6 is 11.3 Å². The second-order valence-corrected chi connectivity index (χ2v) is 9.11. The lowest BCUT2D eigenvalue weighted by atomic mass is 10.1. The van der Waals surface area contributed by atoms with Crippen LogP contribution in [0.3, 0.4) is 0 Å². The molecule has 0 radical (unpaired) electrons. The van der Waals surface area contributed by atoms with Crippen molar-refractivity contribution in [2.24, 2.45) is 0 Å². The molecule has 0 saturated carbocycles. The van der Waals surface area contributed by atoms with E-state index >= 15 is 0 Å². The number of aromatic amines is 1. The van der Waals surface area contributed by atoms with Crippen molar-refractivity contribution in [3.05, 3.63) is 98.8 Å². The molecular weight excluding hydrogens is 444 g/mol. The van der Waals surface area contributed by atoms with Gasteiger partial charge < -0.3 is 4.98 Å². The molecule has 5 rings (SSSR count). The molecule has 4 heterocycles. The smallest absolute Gasteiger partial charge is 0.260 e. The molecule has 1 N–H and O–H groups in total. The lowest BCUT2D eigenvalue weighted by Crippen LogP contribution is -2.10. The number of pyridine rings is 1. The molecule has 0 atom stereocenters. The molecule has 7 nitrogen and oxygen atoms in total. The van der Waals surface area contributed by atoms with E-state index in [0.717, 1.165) is 27.1 Å². The second-order valence-electron chi connectivity index (χ2n) is 7.91. The van der Waals surface area contributed by atoms with Crippen molar-refractivity contribution in [2.75, 3.05) is 0 Å². The molecule has 0 fully saturated rings. The zero-order chi connectivity index (χ0) is 23.7. The van der Waals surface area contributed by atoms with Crippen LogP contribution in [0, 0.1) is 25.2 Å². The van der Waals surface area contributed by atoms with E-state index in [-0.39, 0.29) is 17.0 Å². The maximum absolute atomic E-state index is 12.8. The highest BCUT2D eigenvalue weighted by atomic mass is 32.1. The summed E-state index contributed by atoms with van der Waals surface area (Å²) in [5.74, 6) is 0.245. The van der Waals surface area contributed by atoms with Gasteiger partial charge in [-0.15, -0.1) is 11.3 Å². The summed E-state index contributed by atoms with van der Waals surface area (Å²) in [5.41, 5.74) is 4.31. The van der Waals surface area contributed by atoms with Gasteiger partial charge in [-0.25, -0.2) is 4.98 Å². The minimum atomic E-state index is -0.241. The molecule has 0 bridgehead atoms. The summed E-state index contributed by atoms with van der Waals surface area (Å²) in [6, 6.07) is 16.0. The standard InChI is InChI=1S/C26H20N6OS/c1-16-17(2)34-26-22(16)25(33)29-24(30-26)20(12-27)11-21-15-32(14-18-7-4-3-5-8-18)31-23(21)19-9-6-10-28-13-19/h3-11,13,15H,14H2,1-2H3,(H,29,30,33)/b20-11-. The summed E-state index contributed by atoms with van der Waals surface area (Å²) < 4.78 is 1.84. The van der Waals surface area contributed by atoms with Gasteiger partial charge in [-0.3, -0.25) is 14.5 Å². The van der Waals surface area contributed by atoms with Gasteiger partial charge in [0.1, 0.15) is 16.6 Å². The first-order valence-electron chi connectivity index (χ1n) is 10.7. The normalized spacial score (nSPS) is 11.6. The Kier molecular flexibility index (Phi) is 5.62. The Balaban J connectivity index is 1.63. The van der Waals surface area contributed by atoms with E-state index in [2.05, 4.69) is 21.0 Å². The molecule has 0 saturated heterocycles. The number of hydrogen-bond acceptors (Lipinski definition) is 6. The van der Waals surface area contributed by atoms with E-state index in [1.807, 2.05) is 67.2 Å². The quantitative estimate of drug-likeness (QED) is 0.370. The fraction of sp³-hybridized carbons (Fsp3) is 0.115. The van der Waals surface area contributed by atoms with Crippen molar-refractivity contribution >= 4 is 33.2 Å². The number of fused-ring (bicyclic) bond motifs is 1. The minimum Gasteiger partial charge on any atom is -0.305 e. The van der Waals surface area contributed by atoms with Gasteiger partial charge in [0.05, 0.1) is 17.5 Å². The predicted octanol–water partition coefficient (Wildman–Crippen LogP) is 4.97. The van der Waals surface area contributed by atoms with Crippen LogP contribution in [0.25, 0.3) is 33.1 Å². The number of nitriles is 1. The molecule has 0 amide bonds. The Bertz CT molecular complexity index is 1620. The number of H-pyrrole nitrogens is 1. The van der Waals surface area contributed by atoms with Gasteiger partial charge in [-0.1, -0.05) is 30.3 Å². The number of benzene rings is 1. The maximum Gasteiger partial charge on any atom is 0.260 e. The van der Waals surface area contributed by atoms with Gasteiger partial charge in [0.15, 0.2) is 5.82 Å². The molecule has 0 aliphatic carbocycles. The van der Waals surface area contributed by atoms with Crippen molar-refractivity contribution in [1.82, 2.24) is 24.7 Å². The Labute approximate surface area is 199 Å². The average Bonchev–Trinajstić information content (AvgIpc) is 3.38. The number of rotatable bonds is 5. The largest absolute Gasteiger partial charge is 0.305 e. The number of thiophene rings is 1. The highest BCUT2D eigenvalue weighted by Crippen LogP contribution is 2.28. The third-order valence-corrected chi connectivity index (χ3v) is 6.73.